The van der Waals surface area contributed by atoms with Gasteiger partial charge in [-0.1, -0.05) is 0 Å². The first-order chi connectivity index (χ1) is 6.94. The van der Waals surface area contributed by atoms with Crippen LogP contribution in [0.25, 0.3) is 0 Å². The monoisotopic (exact) mass is 234 g/mol. The highest BCUT2D eigenvalue weighted by Gasteiger charge is 2.42. The minimum absolute atomic E-state index is 0.194. The van der Waals surface area contributed by atoms with E-state index in [1.165, 1.54) is 4.31 Å². The summed E-state index contributed by atoms with van der Waals surface area (Å²) < 4.78 is 25.0. The van der Waals surface area contributed by atoms with E-state index in [2.05, 4.69) is 5.32 Å². The van der Waals surface area contributed by atoms with Gasteiger partial charge in [0.25, 0.3) is 0 Å². The smallest absolute Gasteiger partial charge is 0.216 e. The Kier molecular flexibility index (Phi) is 2.79. The summed E-state index contributed by atoms with van der Waals surface area (Å²) in [5, 5.41) is 12.9. The number of aliphatic hydroxyl groups is 1. The normalized spacial score (nSPS) is 32.5. The number of sulfonamides is 1. The molecule has 0 aromatic heterocycles. The van der Waals surface area contributed by atoms with Gasteiger partial charge in [-0.3, -0.25) is 0 Å². The van der Waals surface area contributed by atoms with Gasteiger partial charge >= 0.3 is 0 Å². The molecule has 0 amide bonds. The molecule has 1 saturated carbocycles. The van der Waals surface area contributed by atoms with Crippen LogP contribution >= 0.6 is 0 Å². The van der Waals surface area contributed by atoms with Crippen molar-refractivity contribution in [2.75, 3.05) is 26.7 Å². The lowest BCUT2D eigenvalue weighted by Gasteiger charge is -2.27. The van der Waals surface area contributed by atoms with Crippen LogP contribution < -0.4 is 5.32 Å². The van der Waals surface area contributed by atoms with Crippen molar-refractivity contribution in [2.45, 2.75) is 30.1 Å². The minimum Gasteiger partial charge on any atom is -0.387 e. The van der Waals surface area contributed by atoms with Crippen LogP contribution in [0.2, 0.25) is 0 Å². The van der Waals surface area contributed by atoms with Crippen LogP contribution in [0.3, 0.4) is 0 Å². The molecule has 2 aliphatic rings. The van der Waals surface area contributed by atoms with Gasteiger partial charge in [0.1, 0.15) is 0 Å². The maximum Gasteiger partial charge on any atom is 0.216 e. The van der Waals surface area contributed by atoms with Crippen molar-refractivity contribution < 1.29 is 13.5 Å². The van der Waals surface area contributed by atoms with Gasteiger partial charge in [0.05, 0.1) is 10.9 Å². The Morgan fingerprint density at radius 2 is 2.20 bits per heavy atom. The molecule has 88 valence electrons. The number of hydrogen-bond donors (Lipinski definition) is 2. The molecule has 0 bridgehead atoms. The average molecular weight is 234 g/mol. The van der Waals surface area contributed by atoms with Crippen molar-refractivity contribution in [3.63, 3.8) is 0 Å². The highest BCUT2D eigenvalue weighted by molar-refractivity contribution is 7.90. The van der Waals surface area contributed by atoms with Gasteiger partial charge in [-0.05, 0) is 25.8 Å². The van der Waals surface area contributed by atoms with Crippen LogP contribution in [0, 0.1) is 0 Å². The third kappa shape index (κ3) is 2.33. The Bertz CT molecular complexity index is 331. The predicted octanol–water partition coefficient (Wildman–Crippen LogP) is -0.865. The molecule has 2 rings (SSSR count). The zero-order valence-corrected chi connectivity index (χ0v) is 9.76. The molecule has 0 aromatic rings. The van der Waals surface area contributed by atoms with E-state index in [1.54, 1.807) is 7.05 Å². The van der Waals surface area contributed by atoms with E-state index in [1.807, 2.05) is 0 Å². The maximum atomic E-state index is 11.8. The van der Waals surface area contributed by atoms with E-state index in [9.17, 15) is 13.5 Å². The topological polar surface area (TPSA) is 69.6 Å². The number of rotatable bonds is 4. The van der Waals surface area contributed by atoms with Crippen LogP contribution in [-0.4, -0.2) is 55.4 Å². The van der Waals surface area contributed by atoms with Crippen molar-refractivity contribution >= 4 is 10.0 Å². The van der Waals surface area contributed by atoms with Crippen molar-refractivity contribution in [2.24, 2.45) is 0 Å². The molecule has 1 heterocycles. The molecule has 5 nitrogen and oxygen atoms in total. The molecule has 0 radical (unpaired) electrons. The summed E-state index contributed by atoms with van der Waals surface area (Å²) in [5.41, 5.74) is -0.878. The van der Waals surface area contributed by atoms with E-state index < -0.39 is 15.6 Å². The largest absolute Gasteiger partial charge is 0.387 e. The SMILES string of the molecule is CN(CC1(O)CCNC1)S(=O)(=O)C1CC1. The molecule has 0 aromatic carbocycles. The summed E-state index contributed by atoms with van der Waals surface area (Å²) in [6.07, 6.45) is 2.16. The Morgan fingerprint density at radius 1 is 1.53 bits per heavy atom. The third-order valence-corrected chi connectivity index (χ3v) is 5.43. The molecule has 1 aliphatic carbocycles. The first kappa shape index (κ1) is 11.3. The second-order valence-electron chi connectivity index (χ2n) is 4.65. The van der Waals surface area contributed by atoms with E-state index in [0.29, 0.717) is 13.0 Å². The summed E-state index contributed by atoms with van der Waals surface area (Å²) in [6, 6.07) is 0. The number of nitrogens with one attached hydrogen (secondary N) is 1. The summed E-state index contributed by atoms with van der Waals surface area (Å²) in [6.45, 7) is 1.45. The highest BCUT2D eigenvalue weighted by Crippen LogP contribution is 2.31. The van der Waals surface area contributed by atoms with E-state index in [0.717, 1.165) is 19.4 Å². The van der Waals surface area contributed by atoms with Crippen molar-refractivity contribution in [3.05, 3.63) is 0 Å². The van der Waals surface area contributed by atoms with E-state index in [4.69, 9.17) is 0 Å². The van der Waals surface area contributed by atoms with Gasteiger partial charge in [0.15, 0.2) is 0 Å². The minimum atomic E-state index is -3.15. The van der Waals surface area contributed by atoms with Crippen LogP contribution in [0.4, 0.5) is 0 Å². The number of likely N-dealkylation sites (N-methyl/N-ethyl adjacent to an activating group) is 1. The Labute approximate surface area is 90.5 Å². The molecule has 1 unspecified atom stereocenters. The molecular formula is C9H18N2O3S. The Balaban J connectivity index is 1.99. The molecule has 0 spiro atoms. The van der Waals surface area contributed by atoms with Crippen LogP contribution in [0.15, 0.2) is 0 Å². The van der Waals surface area contributed by atoms with Crippen molar-refractivity contribution in [1.29, 1.82) is 0 Å². The van der Waals surface area contributed by atoms with Gasteiger partial charge in [-0.2, -0.15) is 0 Å². The van der Waals surface area contributed by atoms with Gasteiger partial charge in [0.2, 0.25) is 10.0 Å². The summed E-state index contributed by atoms with van der Waals surface area (Å²) in [4.78, 5) is 0. The third-order valence-electron chi connectivity index (χ3n) is 3.12. The lowest BCUT2D eigenvalue weighted by atomic mass is 10.0. The van der Waals surface area contributed by atoms with Gasteiger partial charge in [-0.15, -0.1) is 0 Å². The van der Waals surface area contributed by atoms with Gasteiger partial charge in [-0.25, -0.2) is 12.7 Å². The fraction of sp³-hybridized carbons (Fsp3) is 1.00. The van der Waals surface area contributed by atoms with Crippen molar-refractivity contribution in [1.82, 2.24) is 9.62 Å². The lowest BCUT2D eigenvalue weighted by Crippen LogP contribution is -2.46. The number of β-amino-alcohol motifs (C(OH)–C–C–N with tert-alkyl or cyclic N) is 1. The quantitative estimate of drug-likeness (QED) is 0.664. The van der Waals surface area contributed by atoms with Crippen molar-refractivity contribution in [3.8, 4) is 0 Å². The second kappa shape index (κ2) is 3.69. The standard InChI is InChI=1S/C9H18N2O3S/c1-11(15(13,14)8-2-3-8)7-9(12)4-5-10-6-9/h8,10,12H,2-7H2,1H3. The predicted molar refractivity (Wildman–Crippen MR) is 57.0 cm³/mol. The molecule has 2 N–H and O–H groups in total. The van der Waals surface area contributed by atoms with E-state index in [-0.39, 0.29) is 11.8 Å². The Morgan fingerprint density at radius 3 is 2.67 bits per heavy atom. The molecule has 1 saturated heterocycles. The summed E-state index contributed by atoms with van der Waals surface area (Å²) in [7, 11) is -1.59. The molecule has 2 fully saturated rings. The fourth-order valence-corrected chi connectivity index (χ4v) is 3.65. The Hall–Kier alpha value is -0.170. The lowest BCUT2D eigenvalue weighted by molar-refractivity contribution is 0.0462. The molecule has 1 atom stereocenters. The van der Waals surface area contributed by atoms with Crippen LogP contribution in [0.5, 0.6) is 0 Å². The fourth-order valence-electron chi connectivity index (χ4n) is 1.99. The second-order valence-corrected chi connectivity index (χ2v) is 6.97. The molecule has 15 heavy (non-hydrogen) atoms. The molecule has 1 aliphatic heterocycles. The van der Waals surface area contributed by atoms with Crippen LogP contribution in [0.1, 0.15) is 19.3 Å². The highest BCUT2D eigenvalue weighted by atomic mass is 32.2. The first-order valence-electron chi connectivity index (χ1n) is 5.32. The zero-order chi connectivity index (χ0) is 11.1. The molecule has 6 heteroatoms. The zero-order valence-electron chi connectivity index (χ0n) is 8.94. The average Bonchev–Trinajstić information content (AvgIpc) is 2.91. The number of hydrogen-bond acceptors (Lipinski definition) is 4. The van der Waals surface area contributed by atoms with E-state index >= 15 is 0 Å². The van der Waals surface area contributed by atoms with Gasteiger partial charge < -0.3 is 10.4 Å². The molecular weight excluding hydrogens is 216 g/mol. The maximum absolute atomic E-state index is 11.8. The van der Waals surface area contributed by atoms with Gasteiger partial charge in [0, 0.05) is 20.1 Å². The number of nitrogens with zero attached hydrogens (tertiary/aromatic N) is 1. The summed E-state index contributed by atoms with van der Waals surface area (Å²) >= 11 is 0. The first-order valence-corrected chi connectivity index (χ1v) is 6.83. The summed E-state index contributed by atoms with van der Waals surface area (Å²) in [5.74, 6) is 0. The van der Waals surface area contributed by atoms with Crippen LogP contribution in [-0.2, 0) is 10.0 Å².